The summed E-state index contributed by atoms with van der Waals surface area (Å²) in [4.78, 5) is 4.26. The molecule has 2 nitrogen and oxygen atoms in total. The predicted molar refractivity (Wildman–Crippen MR) is 58.0 cm³/mol. The van der Waals surface area contributed by atoms with E-state index in [9.17, 15) is 0 Å². The Kier molecular flexibility index (Phi) is 3.03. The molecule has 0 saturated heterocycles. The quantitative estimate of drug-likeness (QED) is 0.780. The summed E-state index contributed by atoms with van der Waals surface area (Å²) in [6, 6.07) is 3.91. The van der Waals surface area contributed by atoms with Gasteiger partial charge in [-0.25, -0.2) is 0 Å². The first-order valence-electron chi connectivity index (χ1n) is 3.97. The molecule has 0 amide bonds. The average molecular weight is 245 g/mol. The van der Waals surface area contributed by atoms with Gasteiger partial charge in [-0.05, 0) is 18.6 Å². The van der Waals surface area contributed by atoms with Crippen molar-refractivity contribution in [1.82, 2.24) is 4.98 Å². The van der Waals surface area contributed by atoms with Gasteiger partial charge in [0, 0.05) is 26.1 Å². The van der Waals surface area contributed by atoms with Crippen LogP contribution in [-0.4, -0.2) is 15.2 Å². The van der Waals surface area contributed by atoms with Gasteiger partial charge in [-0.15, -0.1) is 0 Å². The summed E-state index contributed by atoms with van der Waals surface area (Å²) < 4.78 is 1.05. The largest absolute Gasteiger partial charge is 0.324 e. The van der Waals surface area contributed by atoms with E-state index < -0.39 is 0 Å². The molecule has 0 unspecified atom stereocenters. The van der Waals surface area contributed by atoms with Crippen LogP contribution in [0.1, 0.15) is 19.0 Å². The molecule has 2 N–H and O–H groups in total. The zero-order valence-corrected chi connectivity index (χ0v) is 10.9. The molecule has 1 heterocycles. The van der Waals surface area contributed by atoms with Gasteiger partial charge in [-0.3, -0.25) is 4.98 Å². The number of nitrogens with two attached hydrogens (primary N) is 1. The normalized spacial score (nSPS) is 15.9. The number of nitrogens with zero attached hydrogens (tertiary/aromatic N) is 1. The van der Waals surface area contributed by atoms with Gasteiger partial charge >= 0.3 is 0 Å². The molecule has 0 aliphatic carbocycles. The van der Waals surface area contributed by atoms with Crippen molar-refractivity contribution in [2.75, 3.05) is 0 Å². The van der Waals surface area contributed by atoms with Crippen LogP contribution >= 0.6 is 15.9 Å². The Hall–Kier alpha value is -0.193. The molecule has 0 bridgehead atoms. The summed E-state index contributed by atoms with van der Waals surface area (Å²) in [5, 5.41) is -0.177. The second-order valence-corrected chi connectivity index (χ2v) is 5.83. The monoisotopic (exact) mass is 244 g/mol. The summed E-state index contributed by atoms with van der Waals surface area (Å²) in [6.45, 7) is 2.09. The third-order valence-electron chi connectivity index (χ3n) is 2.04. The second kappa shape index (κ2) is 3.68. The molecular formula is C8H13BrN2Si. The van der Waals surface area contributed by atoms with Crippen molar-refractivity contribution in [3.05, 3.63) is 28.5 Å². The van der Waals surface area contributed by atoms with Crippen LogP contribution in [0.2, 0.25) is 0 Å². The minimum Gasteiger partial charge on any atom is -0.324 e. The lowest BCUT2D eigenvalue weighted by molar-refractivity contribution is 0.594. The molecule has 0 spiro atoms. The van der Waals surface area contributed by atoms with Crippen LogP contribution in [0.5, 0.6) is 0 Å². The molecule has 1 rings (SSSR count). The van der Waals surface area contributed by atoms with Gasteiger partial charge in [0.2, 0.25) is 0 Å². The van der Waals surface area contributed by atoms with Gasteiger partial charge in [-0.1, -0.05) is 22.9 Å². The Bertz CT molecular complexity index is 276. The van der Waals surface area contributed by atoms with E-state index in [2.05, 4.69) is 27.8 Å². The first-order chi connectivity index (χ1) is 5.56. The molecule has 0 radical (unpaired) electrons. The zero-order valence-electron chi connectivity index (χ0n) is 7.34. The molecule has 0 aliphatic rings. The van der Waals surface area contributed by atoms with Gasteiger partial charge in [-0.2, -0.15) is 0 Å². The Balaban J connectivity index is 3.03. The molecule has 0 aromatic carbocycles. The first-order valence-corrected chi connectivity index (χ1v) is 5.76. The molecule has 12 heavy (non-hydrogen) atoms. The maximum atomic E-state index is 6.08. The van der Waals surface area contributed by atoms with E-state index in [1.807, 2.05) is 12.1 Å². The standard InChI is InChI=1S/C8H13BrN2Si/c1-2-8(10,12)7-5-6(9)3-4-11-7/h3-5H,2,10H2,1,12H3/t8-/m0/s1. The Morgan fingerprint density at radius 1 is 1.75 bits per heavy atom. The van der Waals surface area contributed by atoms with Gasteiger partial charge < -0.3 is 5.73 Å². The third-order valence-corrected chi connectivity index (χ3v) is 3.75. The smallest absolute Gasteiger partial charge is 0.0571 e. The highest BCUT2D eigenvalue weighted by Gasteiger charge is 2.19. The molecule has 1 atom stereocenters. The number of rotatable bonds is 2. The van der Waals surface area contributed by atoms with Crippen LogP contribution in [0.15, 0.2) is 22.8 Å². The van der Waals surface area contributed by atoms with Crippen molar-refractivity contribution in [2.45, 2.75) is 18.5 Å². The van der Waals surface area contributed by atoms with Crippen LogP contribution in [0.25, 0.3) is 0 Å². The molecule has 0 saturated carbocycles. The molecule has 66 valence electrons. The molecule has 4 heteroatoms. The van der Waals surface area contributed by atoms with Crippen molar-refractivity contribution < 1.29 is 0 Å². The topological polar surface area (TPSA) is 38.9 Å². The van der Waals surface area contributed by atoms with Crippen LogP contribution in [-0.2, 0) is 5.16 Å². The maximum Gasteiger partial charge on any atom is 0.0571 e. The number of hydrogen-bond acceptors (Lipinski definition) is 2. The fraction of sp³-hybridized carbons (Fsp3) is 0.375. The number of aromatic nitrogens is 1. The highest BCUT2D eigenvalue weighted by atomic mass is 79.9. The lowest BCUT2D eigenvalue weighted by atomic mass is 10.1. The Morgan fingerprint density at radius 2 is 2.42 bits per heavy atom. The SMILES string of the molecule is CC[C@](N)([SiH3])c1cc(Br)ccn1. The van der Waals surface area contributed by atoms with Crippen LogP contribution in [0.4, 0.5) is 0 Å². The summed E-state index contributed by atoms with van der Waals surface area (Å²) in [5.41, 5.74) is 7.08. The summed E-state index contributed by atoms with van der Waals surface area (Å²) in [5.74, 6) is 0. The third kappa shape index (κ3) is 2.15. The number of hydrogen-bond donors (Lipinski definition) is 1. The van der Waals surface area contributed by atoms with E-state index in [-0.39, 0.29) is 5.16 Å². The lowest BCUT2D eigenvalue weighted by Gasteiger charge is -2.21. The van der Waals surface area contributed by atoms with E-state index in [0.717, 1.165) is 26.8 Å². The Labute approximate surface area is 84.1 Å². The summed E-state index contributed by atoms with van der Waals surface area (Å²) in [6.07, 6.45) is 2.73. The fourth-order valence-corrected chi connectivity index (χ4v) is 1.51. The number of halogens is 1. The van der Waals surface area contributed by atoms with E-state index in [0.29, 0.717) is 0 Å². The van der Waals surface area contributed by atoms with Crippen molar-refractivity contribution >= 4 is 26.2 Å². The molecule has 0 aliphatic heterocycles. The van der Waals surface area contributed by atoms with Crippen LogP contribution in [0, 0.1) is 0 Å². The first kappa shape index (κ1) is 9.89. The average Bonchev–Trinajstić information content (AvgIpc) is 2.05. The fourth-order valence-electron chi connectivity index (χ4n) is 0.898. The van der Waals surface area contributed by atoms with E-state index in [1.54, 1.807) is 6.20 Å². The molecule has 1 aromatic rings. The van der Waals surface area contributed by atoms with Gasteiger partial charge in [0.1, 0.15) is 0 Å². The lowest BCUT2D eigenvalue weighted by Crippen LogP contribution is -2.37. The van der Waals surface area contributed by atoms with Gasteiger partial charge in [0.05, 0.1) is 5.69 Å². The highest BCUT2D eigenvalue weighted by molar-refractivity contribution is 9.10. The molecular weight excluding hydrogens is 232 g/mol. The van der Waals surface area contributed by atoms with Gasteiger partial charge in [0.15, 0.2) is 0 Å². The van der Waals surface area contributed by atoms with Crippen LogP contribution in [0.3, 0.4) is 0 Å². The number of pyridine rings is 1. The van der Waals surface area contributed by atoms with Crippen molar-refractivity contribution in [3.63, 3.8) is 0 Å². The molecule has 0 fully saturated rings. The van der Waals surface area contributed by atoms with Crippen molar-refractivity contribution in [1.29, 1.82) is 0 Å². The summed E-state index contributed by atoms with van der Waals surface area (Å²) >= 11 is 3.40. The van der Waals surface area contributed by atoms with E-state index >= 15 is 0 Å². The van der Waals surface area contributed by atoms with E-state index in [1.165, 1.54) is 0 Å². The van der Waals surface area contributed by atoms with Crippen molar-refractivity contribution in [3.8, 4) is 0 Å². The minimum atomic E-state index is -0.177. The predicted octanol–water partition coefficient (Wildman–Crippen LogP) is 0.731. The van der Waals surface area contributed by atoms with Crippen molar-refractivity contribution in [2.24, 2.45) is 5.73 Å². The second-order valence-electron chi connectivity index (χ2n) is 3.13. The zero-order chi connectivity index (χ0) is 9.19. The summed E-state index contributed by atoms with van der Waals surface area (Å²) in [7, 11) is 0.929. The maximum absolute atomic E-state index is 6.08. The minimum absolute atomic E-state index is 0.177. The van der Waals surface area contributed by atoms with E-state index in [4.69, 9.17) is 5.73 Å². The highest BCUT2D eigenvalue weighted by Crippen LogP contribution is 2.19. The van der Waals surface area contributed by atoms with Crippen LogP contribution < -0.4 is 5.73 Å². The molecule has 1 aromatic heterocycles. The van der Waals surface area contributed by atoms with Gasteiger partial charge in [0.25, 0.3) is 0 Å². The Morgan fingerprint density at radius 3 is 2.92 bits per heavy atom.